The standard InChI is InChI=1S/C13H16F5NO/c1-2-19-11(6-7-20-8-13(16,17)18)12-9(14)4-3-5-10(12)15/h3-5,11,19H,2,6-8H2,1H3. The van der Waals surface area contributed by atoms with E-state index >= 15 is 0 Å². The van der Waals surface area contributed by atoms with Crippen LogP contribution in [0.3, 0.4) is 0 Å². The molecule has 0 aromatic heterocycles. The van der Waals surface area contributed by atoms with Gasteiger partial charge in [0, 0.05) is 18.2 Å². The van der Waals surface area contributed by atoms with Crippen molar-refractivity contribution in [3.05, 3.63) is 35.4 Å². The zero-order chi connectivity index (χ0) is 15.2. The Balaban J connectivity index is 2.65. The molecule has 0 saturated carbocycles. The number of benzene rings is 1. The van der Waals surface area contributed by atoms with Crippen LogP contribution < -0.4 is 5.32 Å². The van der Waals surface area contributed by atoms with Crippen LogP contribution in [0.25, 0.3) is 0 Å². The maximum Gasteiger partial charge on any atom is 0.411 e. The smallest absolute Gasteiger partial charge is 0.372 e. The first-order valence-corrected chi connectivity index (χ1v) is 6.17. The van der Waals surface area contributed by atoms with Crippen molar-refractivity contribution in [2.24, 2.45) is 0 Å². The Bertz CT molecular complexity index is 401. The summed E-state index contributed by atoms with van der Waals surface area (Å²) in [5.74, 6) is -1.46. The Morgan fingerprint density at radius 3 is 2.30 bits per heavy atom. The molecular weight excluding hydrogens is 281 g/mol. The first kappa shape index (κ1) is 16.8. The number of halogens is 5. The summed E-state index contributed by atoms with van der Waals surface area (Å²) in [5, 5.41) is 2.84. The maximum absolute atomic E-state index is 13.6. The molecular formula is C13H16F5NO. The lowest BCUT2D eigenvalue weighted by Gasteiger charge is -2.19. The lowest BCUT2D eigenvalue weighted by atomic mass is 10.0. The average Bonchev–Trinajstić information content (AvgIpc) is 2.33. The van der Waals surface area contributed by atoms with Crippen molar-refractivity contribution >= 4 is 0 Å². The summed E-state index contributed by atoms with van der Waals surface area (Å²) in [5.41, 5.74) is -0.176. The lowest BCUT2D eigenvalue weighted by Crippen LogP contribution is -2.25. The van der Waals surface area contributed by atoms with Gasteiger partial charge in [-0.05, 0) is 25.1 Å². The van der Waals surface area contributed by atoms with E-state index in [0.29, 0.717) is 6.54 Å². The Kier molecular flexibility index (Phi) is 6.35. The summed E-state index contributed by atoms with van der Waals surface area (Å²) >= 11 is 0. The number of ether oxygens (including phenoxy) is 1. The Hall–Kier alpha value is -1.21. The summed E-state index contributed by atoms with van der Waals surface area (Å²) in [6.07, 6.45) is -4.36. The first-order valence-electron chi connectivity index (χ1n) is 6.17. The molecule has 1 aromatic rings. The Labute approximate surface area is 113 Å². The molecule has 7 heteroatoms. The predicted octanol–water partition coefficient (Wildman–Crippen LogP) is 3.58. The minimum Gasteiger partial charge on any atom is -0.372 e. The Morgan fingerprint density at radius 2 is 1.80 bits per heavy atom. The maximum atomic E-state index is 13.6. The van der Waals surface area contributed by atoms with Crippen LogP contribution in [-0.4, -0.2) is 25.9 Å². The van der Waals surface area contributed by atoms with Gasteiger partial charge in [-0.15, -0.1) is 0 Å². The number of nitrogens with one attached hydrogen (secondary N) is 1. The van der Waals surface area contributed by atoms with E-state index in [1.54, 1.807) is 6.92 Å². The molecule has 20 heavy (non-hydrogen) atoms. The van der Waals surface area contributed by atoms with Crippen molar-refractivity contribution in [1.82, 2.24) is 5.32 Å². The number of alkyl halides is 3. The molecule has 1 rings (SSSR count). The number of hydrogen-bond donors (Lipinski definition) is 1. The Morgan fingerprint density at radius 1 is 1.20 bits per heavy atom. The van der Waals surface area contributed by atoms with Gasteiger partial charge in [0.15, 0.2) is 0 Å². The fourth-order valence-electron chi connectivity index (χ4n) is 1.83. The molecule has 0 heterocycles. The second kappa shape index (κ2) is 7.54. The molecule has 114 valence electrons. The first-order chi connectivity index (χ1) is 9.35. The third kappa shape index (κ3) is 5.42. The van der Waals surface area contributed by atoms with E-state index in [2.05, 4.69) is 10.1 Å². The molecule has 0 aliphatic rings. The van der Waals surface area contributed by atoms with Gasteiger partial charge in [-0.3, -0.25) is 0 Å². The second-order valence-corrected chi connectivity index (χ2v) is 4.20. The zero-order valence-electron chi connectivity index (χ0n) is 10.9. The molecule has 0 radical (unpaired) electrons. The summed E-state index contributed by atoms with van der Waals surface area (Å²) in [7, 11) is 0. The highest BCUT2D eigenvalue weighted by atomic mass is 19.4. The number of rotatable bonds is 7. The van der Waals surface area contributed by atoms with E-state index in [4.69, 9.17) is 0 Å². The van der Waals surface area contributed by atoms with E-state index in [1.165, 1.54) is 6.07 Å². The molecule has 2 nitrogen and oxygen atoms in total. The van der Waals surface area contributed by atoms with Crippen LogP contribution in [0.5, 0.6) is 0 Å². The third-order valence-corrected chi connectivity index (χ3v) is 2.62. The van der Waals surface area contributed by atoms with Gasteiger partial charge in [0.05, 0.1) is 0 Å². The van der Waals surface area contributed by atoms with Crippen LogP contribution in [0.15, 0.2) is 18.2 Å². The molecule has 0 saturated heterocycles. The van der Waals surface area contributed by atoms with Crippen molar-refractivity contribution in [2.45, 2.75) is 25.6 Å². The van der Waals surface area contributed by atoms with Gasteiger partial charge in [0.25, 0.3) is 0 Å². The molecule has 0 aliphatic carbocycles. The molecule has 1 aromatic carbocycles. The van der Waals surface area contributed by atoms with Crippen molar-refractivity contribution in [2.75, 3.05) is 19.8 Å². The van der Waals surface area contributed by atoms with Crippen LogP contribution >= 0.6 is 0 Å². The highest BCUT2D eigenvalue weighted by Gasteiger charge is 2.27. The molecule has 1 atom stereocenters. The summed E-state index contributed by atoms with van der Waals surface area (Å²) < 4.78 is 67.5. The molecule has 0 amide bonds. The minimum absolute atomic E-state index is 0.0434. The molecule has 1 unspecified atom stereocenters. The van der Waals surface area contributed by atoms with Crippen LogP contribution in [0.2, 0.25) is 0 Å². The van der Waals surface area contributed by atoms with Crippen molar-refractivity contribution in [1.29, 1.82) is 0 Å². The lowest BCUT2D eigenvalue weighted by molar-refractivity contribution is -0.174. The van der Waals surface area contributed by atoms with Crippen LogP contribution in [0.1, 0.15) is 24.9 Å². The van der Waals surface area contributed by atoms with Crippen molar-refractivity contribution in [3.8, 4) is 0 Å². The van der Waals surface area contributed by atoms with E-state index in [0.717, 1.165) is 12.1 Å². The summed E-state index contributed by atoms with van der Waals surface area (Å²) in [6, 6.07) is 2.73. The summed E-state index contributed by atoms with van der Waals surface area (Å²) in [6.45, 7) is 0.552. The zero-order valence-corrected chi connectivity index (χ0v) is 10.9. The molecule has 0 aliphatic heterocycles. The molecule has 0 bridgehead atoms. The quantitative estimate of drug-likeness (QED) is 0.613. The SMILES string of the molecule is CCNC(CCOCC(F)(F)F)c1c(F)cccc1F. The van der Waals surface area contributed by atoms with Crippen LogP contribution in [-0.2, 0) is 4.74 Å². The number of hydrogen-bond acceptors (Lipinski definition) is 2. The van der Waals surface area contributed by atoms with Gasteiger partial charge in [0.2, 0.25) is 0 Å². The third-order valence-electron chi connectivity index (χ3n) is 2.62. The van der Waals surface area contributed by atoms with Gasteiger partial charge in [-0.1, -0.05) is 13.0 Å². The van der Waals surface area contributed by atoms with Crippen LogP contribution in [0.4, 0.5) is 22.0 Å². The second-order valence-electron chi connectivity index (χ2n) is 4.20. The molecule has 0 spiro atoms. The van der Waals surface area contributed by atoms with Gasteiger partial charge in [-0.2, -0.15) is 13.2 Å². The normalized spacial score (nSPS) is 13.5. The minimum atomic E-state index is -4.41. The fourth-order valence-corrected chi connectivity index (χ4v) is 1.83. The van der Waals surface area contributed by atoms with Gasteiger partial charge >= 0.3 is 6.18 Å². The van der Waals surface area contributed by atoms with Gasteiger partial charge in [-0.25, -0.2) is 8.78 Å². The predicted molar refractivity (Wildman–Crippen MR) is 64.3 cm³/mol. The molecule has 1 N–H and O–H groups in total. The van der Waals surface area contributed by atoms with Gasteiger partial charge < -0.3 is 10.1 Å². The van der Waals surface area contributed by atoms with Gasteiger partial charge in [0.1, 0.15) is 18.2 Å². The van der Waals surface area contributed by atoms with Crippen molar-refractivity contribution < 1.29 is 26.7 Å². The topological polar surface area (TPSA) is 21.3 Å². The van der Waals surface area contributed by atoms with E-state index in [1.807, 2.05) is 0 Å². The average molecular weight is 297 g/mol. The summed E-state index contributed by atoms with van der Waals surface area (Å²) in [4.78, 5) is 0. The largest absolute Gasteiger partial charge is 0.411 e. The van der Waals surface area contributed by atoms with E-state index in [9.17, 15) is 22.0 Å². The fraction of sp³-hybridized carbons (Fsp3) is 0.538. The highest BCUT2D eigenvalue weighted by Crippen LogP contribution is 2.24. The highest BCUT2D eigenvalue weighted by molar-refractivity contribution is 5.23. The van der Waals surface area contributed by atoms with E-state index < -0.39 is 30.5 Å². The molecule has 0 fully saturated rings. The van der Waals surface area contributed by atoms with Crippen molar-refractivity contribution in [3.63, 3.8) is 0 Å². The monoisotopic (exact) mass is 297 g/mol. The van der Waals surface area contributed by atoms with E-state index in [-0.39, 0.29) is 18.6 Å². The van der Waals surface area contributed by atoms with Crippen LogP contribution in [0, 0.1) is 11.6 Å².